The fraction of sp³-hybridized carbons (Fsp3) is 0. The summed E-state index contributed by atoms with van der Waals surface area (Å²) >= 11 is 4.70. The van der Waals surface area contributed by atoms with E-state index in [0.29, 0.717) is 5.75 Å². The Morgan fingerprint density at radius 1 is 1.07 bits per heavy atom. The zero-order valence-corrected chi connectivity index (χ0v) is 8.25. The maximum Gasteiger partial charge on any atom is 0.259 e. The fourth-order valence-electron chi connectivity index (χ4n) is 1.39. The molecule has 0 bridgehead atoms. The van der Waals surface area contributed by atoms with Crippen LogP contribution in [0.5, 0.6) is 5.75 Å². The highest BCUT2D eigenvalue weighted by Crippen LogP contribution is 2.24. The summed E-state index contributed by atoms with van der Waals surface area (Å²) in [6.45, 7) is 0. The summed E-state index contributed by atoms with van der Waals surface area (Å²) in [6.07, 6.45) is 0. The molecule has 0 unspecified atom stereocenters. The minimum absolute atomic E-state index is 0.0429. The van der Waals surface area contributed by atoms with Crippen LogP contribution in [0.2, 0.25) is 0 Å². The maximum atomic E-state index is 5.32. The van der Waals surface area contributed by atoms with Crippen molar-refractivity contribution in [3.8, 4) is 5.75 Å². The molecule has 2 aromatic carbocycles. The van der Waals surface area contributed by atoms with Crippen LogP contribution in [0.15, 0.2) is 42.5 Å². The zero-order chi connectivity index (χ0) is 9.97. The topological polar surface area (TPSA) is 35.2 Å². The average Bonchev–Trinajstić information content (AvgIpc) is 2.18. The Labute approximate surface area is 87.3 Å². The number of fused-ring (bicyclic) bond motifs is 1. The molecule has 2 N–H and O–H groups in total. The molecular formula is C11H9NOS. The Balaban J connectivity index is 2.59. The molecule has 0 heterocycles. The quantitative estimate of drug-likeness (QED) is 0.723. The molecule has 2 nitrogen and oxygen atoms in total. The molecule has 0 aliphatic rings. The Kier molecular flexibility index (Phi) is 2.33. The van der Waals surface area contributed by atoms with E-state index in [0.717, 1.165) is 10.8 Å². The van der Waals surface area contributed by atoms with Crippen molar-refractivity contribution in [3.63, 3.8) is 0 Å². The SMILES string of the molecule is NC(=S)Oc1cccc2ccccc12. The van der Waals surface area contributed by atoms with Gasteiger partial charge in [0.05, 0.1) is 0 Å². The highest BCUT2D eigenvalue weighted by Gasteiger charge is 2.01. The first-order valence-corrected chi connectivity index (χ1v) is 4.63. The number of ether oxygens (including phenoxy) is 1. The van der Waals surface area contributed by atoms with Crippen molar-refractivity contribution in [2.75, 3.05) is 0 Å². The minimum atomic E-state index is 0.0429. The van der Waals surface area contributed by atoms with E-state index in [9.17, 15) is 0 Å². The lowest BCUT2D eigenvalue weighted by Crippen LogP contribution is -2.15. The van der Waals surface area contributed by atoms with Gasteiger partial charge in [-0.2, -0.15) is 0 Å². The average molecular weight is 203 g/mol. The maximum absolute atomic E-state index is 5.32. The standard InChI is InChI=1S/C11H9NOS/c12-11(14)13-10-7-3-5-8-4-1-2-6-9(8)10/h1-7H,(H2,12,14). The second kappa shape index (κ2) is 3.64. The number of nitrogens with two attached hydrogens (primary N) is 1. The van der Waals surface area contributed by atoms with E-state index in [2.05, 4.69) is 0 Å². The first-order valence-electron chi connectivity index (χ1n) is 4.22. The van der Waals surface area contributed by atoms with E-state index >= 15 is 0 Å². The van der Waals surface area contributed by atoms with Crippen LogP contribution in [0.4, 0.5) is 0 Å². The van der Waals surface area contributed by atoms with Crippen LogP contribution in [0, 0.1) is 0 Å². The van der Waals surface area contributed by atoms with Crippen molar-refractivity contribution in [1.82, 2.24) is 0 Å². The first-order chi connectivity index (χ1) is 6.77. The molecule has 0 amide bonds. The number of rotatable bonds is 1. The van der Waals surface area contributed by atoms with Gasteiger partial charge in [-0.1, -0.05) is 36.4 Å². The van der Waals surface area contributed by atoms with Gasteiger partial charge in [-0.05, 0) is 23.7 Å². The third-order valence-electron chi connectivity index (χ3n) is 1.96. The van der Waals surface area contributed by atoms with E-state index in [-0.39, 0.29) is 5.17 Å². The van der Waals surface area contributed by atoms with Gasteiger partial charge in [-0.25, -0.2) is 0 Å². The predicted octanol–water partition coefficient (Wildman–Crippen LogP) is 2.46. The highest BCUT2D eigenvalue weighted by molar-refractivity contribution is 7.80. The van der Waals surface area contributed by atoms with Crippen molar-refractivity contribution in [1.29, 1.82) is 0 Å². The molecule has 2 rings (SSSR count). The molecule has 70 valence electrons. The second-order valence-corrected chi connectivity index (χ2v) is 3.30. The summed E-state index contributed by atoms with van der Waals surface area (Å²) in [4.78, 5) is 0. The molecule has 0 spiro atoms. The van der Waals surface area contributed by atoms with Crippen molar-refractivity contribution in [3.05, 3.63) is 42.5 Å². The molecule has 14 heavy (non-hydrogen) atoms. The summed E-state index contributed by atoms with van der Waals surface area (Å²) in [7, 11) is 0. The van der Waals surface area contributed by atoms with Crippen LogP contribution in [0.3, 0.4) is 0 Å². The van der Waals surface area contributed by atoms with Gasteiger partial charge in [0.2, 0.25) is 0 Å². The van der Waals surface area contributed by atoms with Crippen molar-refractivity contribution >= 4 is 28.2 Å². The molecule has 0 aliphatic heterocycles. The van der Waals surface area contributed by atoms with E-state index < -0.39 is 0 Å². The third kappa shape index (κ3) is 1.67. The molecule has 0 radical (unpaired) electrons. The van der Waals surface area contributed by atoms with Crippen molar-refractivity contribution in [2.45, 2.75) is 0 Å². The monoisotopic (exact) mass is 203 g/mol. The van der Waals surface area contributed by atoms with Crippen LogP contribution in [-0.4, -0.2) is 5.17 Å². The van der Waals surface area contributed by atoms with Gasteiger partial charge in [0.25, 0.3) is 5.17 Å². The third-order valence-corrected chi connectivity index (χ3v) is 2.04. The highest BCUT2D eigenvalue weighted by atomic mass is 32.1. The van der Waals surface area contributed by atoms with Gasteiger partial charge in [0, 0.05) is 5.39 Å². The lowest BCUT2D eigenvalue weighted by molar-refractivity contribution is 0.564. The summed E-state index contributed by atoms with van der Waals surface area (Å²) in [5.41, 5.74) is 5.32. The Hall–Kier alpha value is -1.61. The van der Waals surface area contributed by atoms with Crippen LogP contribution in [-0.2, 0) is 0 Å². The van der Waals surface area contributed by atoms with Gasteiger partial charge in [0.15, 0.2) is 0 Å². The lowest BCUT2D eigenvalue weighted by Gasteiger charge is -2.06. The molecule has 0 saturated carbocycles. The van der Waals surface area contributed by atoms with Crippen LogP contribution >= 0.6 is 12.2 Å². The summed E-state index contributed by atoms with van der Waals surface area (Å²) in [5.74, 6) is 0.704. The smallest absolute Gasteiger partial charge is 0.259 e. The number of hydrogen-bond donors (Lipinski definition) is 1. The normalized spacial score (nSPS) is 10.0. The summed E-state index contributed by atoms with van der Waals surface area (Å²) in [6, 6.07) is 13.7. The minimum Gasteiger partial charge on any atom is -0.431 e. The molecule has 0 fully saturated rings. The molecule has 0 aliphatic carbocycles. The predicted molar refractivity (Wildman–Crippen MR) is 61.4 cm³/mol. The van der Waals surface area contributed by atoms with E-state index in [1.165, 1.54) is 0 Å². The Morgan fingerprint density at radius 2 is 1.79 bits per heavy atom. The van der Waals surface area contributed by atoms with Gasteiger partial charge in [0.1, 0.15) is 5.75 Å². The molecule has 0 aromatic heterocycles. The van der Waals surface area contributed by atoms with Crippen LogP contribution in [0.1, 0.15) is 0 Å². The van der Waals surface area contributed by atoms with Crippen LogP contribution in [0.25, 0.3) is 10.8 Å². The fourth-order valence-corrected chi connectivity index (χ4v) is 1.48. The van der Waals surface area contributed by atoms with E-state index in [4.69, 9.17) is 22.7 Å². The van der Waals surface area contributed by atoms with Gasteiger partial charge < -0.3 is 10.5 Å². The Morgan fingerprint density at radius 3 is 2.57 bits per heavy atom. The molecule has 0 saturated heterocycles. The first kappa shape index (κ1) is 8.97. The summed E-state index contributed by atoms with van der Waals surface area (Å²) in [5, 5.41) is 2.17. The van der Waals surface area contributed by atoms with Gasteiger partial charge in [-0.3, -0.25) is 0 Å². The van der Waals surface area contributed by atoms with Crippen molar-refractivity contribution in [2.24, 2.45) is 5.73 Å². The van der Waals surface area contributed by atoms with Crippen LogP contribution < -0.4 is 10.5 Å². The Bertz CT molecular complexity index is 476. The number of hydrogen-bond acceptors (Lipinski definition) is 2. The second-order valence-electron chi connectivity index (χ2n) is 2.90. The largest absolute Gasteiger partial charge is 0.431 e. The van der Waals surface area contributed by atoms with Crippen molar-refractivity contribution < 1.29 is 4.74 Å². The molecule has 3 heteroatoms. The molecule has 2 aromatic rings. The molecular weight excluding hydrogens is 194 g/mol. The number of benzene rings is 2. The summed E-state index contributed by atoms with van der Waals surface area (Å²) < 4.78 is 5.24. The lowest BCUT2D eigenvalue weighted by atomic mass is 10.1. The molecule has 0 atom stereocenters. The number of thiocarbonyl (C=S) groups is 1. The van der Waals surface area contributed by atoms with Gasteiger partial charge >= 0.3 is 0 Å². The zero-order valence-electron chi connectivity index (χ0n) is 7.44. The van der Waals surface area contributed by atoms with Gasteiger partial charge in [-0.15, -0.1) is 0 Å². The van der Waals surface area contributed by atoms with E-state index in [1.807, 2.05) is 42.5 Å². The van der Waals surface area contributed by atoms with E-state index in [1.54, 1.807) is 0 Å².